The number of piperidine rings is 1. The third-order valence-electron chi connectivity index (χ3n) is 4.24. The Morgan fingerprint density at radius 3 is 2.71 bits per heavy atom. The van der Waals surface area contributed by atoms with Crippen LogP contribution in [0.4, 0.5) is 4.79 Å². The molecule has 1 N–H and O–H groups in total. The summed E-state index contributed by atoms with van der Waals surface area (Å²) in [6.45, 7) is 6.98. The number of hydrogen-bond donors (Lipinski definition) is 1. The Morgan fingerprint density at radius 2 is 2.06 bits per heavy atom. The van der Waals surface area contributed by atoms with Gasteiger partial charge in [0.15, 0.2) is 0 Å². The van der Waals surface area contributed by atoms with Crippen LogP contribution in [-0.4, -0.2) is 53.2 Å². The molecule has 0 spiro atoms. The lowest BCUT2D eigenvalue weighted by Gasteiger charge is -2.36. The standard InChI is InChI=1S/C13H24N2O2/c1-10-4-3-6-14(8-10)13(17)15-7-5-11(2)12(15)9-16/h10-12,16H,3-9H2,1-2H3. The van der Waals surface area contributed by atoms with Crippen LogP contribution in [0.25, 0.3) is 0 Å². The maximum atomic E-state index is 12.4. The van der Waals surface area contributed by atoms with Gasteiger partial charge in [-0.15, -0.1) is 0 Å². The monoisotopic (exact) mass is 240 g/mol. The molecule has 2 heterocycles. The van der Waals surface area contributed by atoms with Gasteiger partial charge in [-0.05, 0) is 31.1 Å². The predicted molar refractivity (Wildman–Crippen MR) is 66.7 cm³/mol. The summed E-state index contributed by atoms with van der Waals surface area (Å²) in [4.78, 5) is 16.2. The summed E-state index contributed by atoms with van der Waals surface area (Å²) in [5.74, 6) is 1.03. The average molecular weight is 240 g/mol. The Balaban J connectivity index is 1.99. The molecule has 0 aromatic carbocycles. The van der Waals surface area contributed by atoms with Gasteiger partial charge >= 0.3 is 6.03 Å². The number of urea groups is 1. The molecule has 2 amide bonds. The number of likely N-dealkylation sites (tertiary alicyclic amines) is 2. The number of carbonyl (C=O) groups excluding carboxylic acids is 1. The van der Waals surface area contributed by atoms with Gasteiger partial charge in [0.1, 0.15) is 0 Å². The smallest absolute Gasteiger partial charge is 0.320 e. The molecule has 0 radical (unpaired) electrons. The quantitative estimate of drug-likeness (QED) is 0.755. The molecule has 0 aromatic heterocycles. The van der Waals surface area contributed by atoms with E-state index < -0.39 is 0 Å². The number of aliphatic hydroxyl groups is 1. The third kappa shape index (κ3) is 2.57. The summed E-state index contributed by atoms with van der Waals surface area (Å²) in [7, 11) is 0. The van der Waals surface area contributed by atoms with Crippen molar-refractivity contribution in [1.29, 1.82) is 0 Å². The van der Waals surface area contributed by atoms with Gasteiger partial charge in [0.05, 0.1) is 12.6 Å². The Hall–Kier alpha value is -0.770. The lowest BCUT2D eigenvalue weighted by atomic mass is 10.0. The molecule has 2 fully saturated rings. The van der Waals surface area contributed by atoms with E-state index in [0.29, 0.717) is 11.8 Å². The maximum Gasteiger partial charge on any atom is 0.320 e. The van der Waals surface area contributed by atoms with Gasteiger partial charge in [0.25, 0.3) is 0 Å². The molecule has 0 aromatic rings. The van der Waals surface area contributed by atoms with E-state index in [-0.39, 0.29) is 18.7 Å². The average Bonchev–Trinajstić information content (AvgIpc) is 2.69. The zero-order chi connectivity index (χ0) is 12.4. The molecule has 2 aliphatic rings. The highest BCUT2D eigenvalue weighted by atomic mass is 16.3. The molecule has 3 atom stereocenters. The molecular formula is C13H24N2O2. The van der Waals surface area contributed by atoms with E-state index in [0.717, 1.165) is 32.5 Å². The summed E-state index contributed by atoms with van der Waals surface area (Å²) >= 11 is 0. The van der Waals surface area contributed by atoms with Crippen molar-refractivity contribution in [1.82, 2.24) is 9.80 Å². The summed E-state index contributed by atoms with van der Waals surface area (Å²) in [6.07, 6.45) is 3.35. The second-order valence-electron chi connectivity index (χ2n) is 5.69. The fraction of sp³-hybridized carbons (Fsp3) is 0.923. The number of amides is 2. The van der Waals surface area contributed by atoms with Crippen molar-refractivity contribution in [3.05, 3.63) is 0 Å². The van der Waals surface area contributed by atoms with E-state index in [2.05, 4.69) is 13.8 Å². The van der Waals surface area contributed by atoms with Crippen LogP contribution in [0, 0.1) is 11.8 Å². The Labute approximate surface area is 104 Å². The molecule has 2 saturated heterocycles. The molecule has 98 valence electrons. The van der Waals surface area contributed by atoms with Crippen molar-refractivity contribution in [3.8, 4) is 0 Å². The summed E-state index contributed by atoms with van der Waals surface area (Å²) in [6, 6.07) is 0.166. The van der Waals surface area contributed by atoms with Crippen LogP contribution in [0.5, 0.6) is 0 Å². The van der Waals surface area contributed by atoms with Crippen molar-refractivity contribution >= 4 is 6.03 Å². The first-order valence-corrected chi connectivity index (χ1v) is 6.80. The van der Waals surface area contributed by atoms with Crippen molar-refractivity contribution in [2.75, 3.05) is 26.2 Å². The number of carbonyl (C=O) groups is 1. The van der Waals surface area contributed by atoms with Gasteiger partial charge in [0.2, 0.25) is 0 Å². The van der Waals surface area contributed by atoms with Crippen LogP contribution in [0.3, 0.4) is 0 Å². The molecule has 17 heavy (non-hydrogen) atoms. The summed E-state index contributed by atoms with van der Waals surface area (Å²) in [5.41, 5.74) is 0. The van der Waals surface area contributed by atoms with Crippen LogP contribution in [0.15, 0.2) is 0 Å². The van der Waals surface area contributed by atoms with Gasteiger partial charge in [-0.2, -0.15) is 0 Å². The maximum absolute atomic E-state index is 12.4. The van der Waals surface area contributed by atoms with Crippen LogP contribution < -0.4 is 0 Å². The number of nitrogens with zero attached hydrogens (tertiary/aromatic N) is 2. The van der Waals surface area contributed by atoms with Crippen molar-refractivity contribution in [2.24, 2.45) is 11.8 Å². The minimum atomic E-state index is 0.0275. The highest BCUT2D eigenvalue weighted by molar-refractivity contribution is 5.75. The molecule has 4 nitrogen and oxygen atoms in total. The van der Waals surface area contributed by atoms with Crippen molar-refractivity contribution in [2.45, 2.75) is 39.2 Å². The normalized spacial score (nSPS) is 34.2. The molecule has 2 aliphatic heterocycles. The topological polar surface area (TPSA) is 43.8 Å². The lowest BCUT2D eigenvalue weighted by Crippen LogP contribution is -2.50. The van der Waals surface area contributed by atoms with Crippen LogP contribution in [0.1, 0.15) is 33.1 Å². The van der Waals surface area contributed by atoms with E-state index in [1.54, 1.807) is 0 Å². The van der Waals surface area contributed by atoms with E-state index in [1.165, 1.54) is 6.42 Å². The van der Waals surface area contributed by atoms with E-state index >= 15 is 0 Å². The molecule has 4 heteroatoms. The molecule has 0 bridgehead atoms. The van der Waals surface area contributed by atoms with Gasteiger partial charge in [-0.3, -0.25) is 0 Å². The number of rotatable bonds is 1. The SMILES string of the molecule is CC1CCCN(C(=O)N2CCC(C)C2CO)C1. The minimum Gasteiger partial charge on any atom is -0.394 e. The zero-order valence-corrected chi connectivity index (χ0v) is 10.9. The predicted octanol–water partition coefficient (Wildman–Crippen LogP) is 1.54. The van der Waals surface area contributed by atoms with E-state index in [4.69, 9.17) is 0 Å². The molecule has 0 saturated carbocycles. The highest BCUT2D eigenvalue weighted by Crippen LogP contribution is 2.26. The fourth-order valence-corrected chi connectivity index (χ4v) is 3.07. The Morgan fingerprint density at radius 1 is 1.29 bits per heavy atom. The molecular weight excluding hydrogens is 216 g/mol. The zero-order valence-electron chi connectivity index (χ0n) is 10.9. The van der Waals surface area contributed by atoms with E-state index in [9.17, 15) is 9.90 Å². The second-order valence-corrected chi connectivity index (χ2v) is 5.69. The van der Waals surface area contributed by atoms with Crippen molar-refractivity contribution < 1.29 is 9.90 Å². The first-order chi connectivity index (χ1) is 8.13. The second kappa shape index (κ2) is 5.25. The third-order valence-corrected chi connectivity index (χ3v) is 4.24. The molecule has 3 unspecified atom stereocenters. The minimum absolute atomic E-state index is 0.0275. The Kier molecular flexibility index (Phi) is 3.92. The van der Waals surface area contributed by atoms with Crippen molar-refractivity contribution in [3.63, 3.8) is 0 Å². The highest BCUT2D eigenvalue weighted by Gasteiger charge is 2.36. The van der Waals surface area contributed by atoms with Crippen LogP contribution in [0.2, 0.25) is 0 Å². The van der Waals surface area contributed by atoms with Crippen LogP contribution in [-0.2, 0) is 0 Å². The summed E-state index contributed by atoms with van der Waals surface area (Å²) < 4.78 is 0. The first kappa shape index (κ1) is 12.7. The van der Waals surface area contributed by atoms with Gasteiger partial charge in [-0.1, -0.05) is 13.8 Å². The number of aliphatic hydroxyl groups excluding tert-OH is 1. The van der Waals surface area contributed by atoms with Gasteiger partial charge < -0.3 is 14.9 Å². The summed E-state index contributed by atoms with van der Waals surface area (Å²) in [5, 5.41) is 9.39. The largest absolute Gasteiger partial charge is 0.394 e. The fourth-order valence-electron chi connectivity index (χ4n) is 3.07. The lowest BCUT2D eigenvalue weighted by molar-refractivity contribution is 0.103. The number of hydrogen-bond acceptors (Lipinski definition) is 2. The van der Waals surface area contributed by atoms with Crippen LogP contribution >= 0.6 is 0 Å². The molecule has 0 aliphatic carbocycles. The molecule has 2 rings (SSSR count). The Bertz CT molecular complexity index is 283. The van der Waals surface area contributed by atoms with Gasteiger partial charge in [-0.25, -0.2) is 4.79 Å². The van der Waals surface area contributed by atoms with Gasteiger partial charge in [0, 0.05) is 19.6 Å². The van der Waals surface area contributed by atoms with E-state index in [1.807, 2.05) is 9.80 Å². The first-order valence-electron chi connectivity index (χ1n) is 6.80.